The van der Waals surface area contributed by atoms with E-state index in [4.69, 9.17) is 16.2 Å². The molecule has 0 atom stereocenters. The molecule has 2 aliphatic heterocycles. The first kappa shape index (κ1) is 22.2. The SMILES string of the molecule is N/C=C(\CN)c1ccncc1/C=C/C(=O)Nc1ccc(CN2CCC3(CC2)COC3)cc1. The molecule has 168 valence electrons. The Morgan fingerprint density at radius 3 is 2.56 bits per heavy atom. The van der Waals surface area contributed by atoms with Crippen molar-refractivity contribution in [1.82, 2.24) is 9.88 Å². The quantitative estimate of drug-likeness (QED) is 0.580. The van der Waals surface area contributed by atoms with Gasteiger partial charge in [0.1, 0.15) is 0 Å². The van der Waals surface area contributed by atoms with E-state index in [1.807, 2.05) is 18.2 Å². The largest absolute Gasteiger partial charge is 0.404 e. The van der Waals surface area contributed by atoms with Gasteiger partial charge in [0.2, 0.25) is 5.91 Å². The van der Waals surface area contributed by atoms with E-state index in [2.05, 4.69) is 27.3 Å². The second-order valence-electron chi connectivity index (χ2n) is 8.65. The predicted octanol–water partition coefficient (Wildman–Crippen LogP) is 2.60. The molecule has 0 aliphatic carbocycles. The van der Waals surface area contributed by atoms with Crippen LogP contribution in [0.1, 0.15) is 29.5 Å². The third-order valence-electron chi connectivity index (χ3n) is 6.39. The van der Waals surface area contributed by atoms with Crippen molar-refractivity contribution >= 4 is 23.2 Å². The first-order valence-corrected chi connectivity index (χ1v) is 11.0. The van der Waals surface area contributed by atoms with Crippen molar-refractivity contribution < 1.29 is 9.53 Å². The molecule has 2 aliphatic rings. The van der Waals surface area contributed by atoms with Crippen LogP contribution in [-0.2, 0) is 16.1 Å². The summed E-state index contributed by atoms with van der Waals surface area (Å²) in [6.45, 7) is 5.36. The second-order valence-corrected chi connectivity index (χ2v) is 8.65. The van der Waals surface area contributed by atoms with Gasteiger partial charge in [0, 0.05) is 48.2 Å². The number of pyridine rings is 1. The molecule has 2 fully saturated rings. The number of piperidine rings is 1. The summed E-state index contributed by atoms with van der Waals surface area (Å²) in [6.07, 6.45) is 10.5. The third kappa shape index (κ3) is 5.24. The molecule has 0 radical (unpaired) electrons. The zero-order valence-corrected chi connectivity index (χ0v) is 18.3. The molecular formula is C25H31N5O2. The van der Waals surface area contributed by atoms with Gasteiger partial charge in [-0.2, -0.15) is 0 Å². The Morgan fingerprint density at radius 2 is 1.94 bits per heavy atom. The molecule has 1 amide bonds. The van der Waals surface area contributed by atoms with Crippen LogP contribution >= 0.6 is 0 Å². The van der Waals surface area contributed by atoms with Crippen LogP contribution in [-0.4, -0.2) is 48.6 Å². The highest BCUT2D eigenvalue weighted by Gasteiger charge is 2.40. The summed E-state index contributed by atoms with van der Waals surface area (Å²) >= 11 is 0. The van der Waals surface area contributed by atoms with E-state index in [0.717, 1.165) is 55.2 Å². The number of carbonyl (C=O) groups excluding carboxylic acids is 1. The van der Waals surface area contributed by atoms with Gasteiger partial charge in [0.05, 0.1) is 13.2 Å². The maximum atomic E-state index is 12.4. The lowest BCUT2D eigenvalue weighted by atomic mass is 9.77. The van der Waals surface area contributed by atoms with Crippen molar-refractivity contribution in [3.8, 4) is 0 Å². The molecule has 0 unspecified atom stereocenters. The lowest BCUT2D eigenvalue weighted by molar-refractivity contribution is -0.140. The topological polar surface area (TPSA) is 106 Å². The fourth-order valence-electron chi connectivity index (χ4n) is 4.27. The average Bonchev–Trinajstić information content (AvgIpc) is 2.80. The molecule has 0 saturated carbocycles. The number of hydrogen-bond acceptors (Lipinski definition) is 6. The van der Waals surface area contributed by atoms with E-state index in [1.165, 1.54) is 30.7 Å². The Kier molecular flexibility index (Phi) is 6.99. The smallest absolute Gasteiger partial charge is 0.248 e. The number of nitrogens with zero attached hydrogens (tertiary/aromatic N) is 2. The minimum Gasteiger partial charge on any atom is -0.404 e. The highest BCUT2D eigenvalue weighted by atomic mass is 16.5. The number of hydrogen-bond donors (Lipinski definition) is 3. The number of rotatable bonds is 7. The summed E-state index contributed by atoms with van der Waals surface area (Å²) in [7, 11) is 0. The molecule has 7 heteroatoms. The maximum Gasteiger partial charge on any atom is 0.248 e. The monoisotopic (exact) mass is 433 g/mol. The summed E-state index contributed by atoms with van der Waals surface area (Å²) in [4.78, 5) is 19.0. The van der Waals surface area contributed by atoms with Gasteiger partial charge in [-0.25, -0.2) is 0 Å². The summed E-state index contributed by atoms with van der Waals surface area (Å²) in [5.74, 6) is -0.206. The number of nitrogens with one attached hydrogen (secondary N) is 1. The van der Waals surface area contributed by atoms with E-state index in [9.17, 15) is 4.79 Å². The number of benzene rings is 1. The lowest BCUT2D eigenvalue weighted by Gasteiger charge is -2.47. The number of likely N-dealkylation sites (tertiary alicyclic amines) is 1. The van der Waals surface area contributed by atoms with Crippen LogP contribution in [0.15, 0.2) is 55.0 Å². The molecule has 1 aromatic heterocycles. The molecule has 3 heterocycles. The molecule has 2 saturated heterocycles. The minimum atomic E-state index is -0.206. The van der Waals surface area contributed by atoms with E-state index < -0.39 is 0 Å². The van der Waals surface area contributed by atoms with Crippen molar-refractivity contribution in [3.63, 3.8) is 0 Å². The van der Waals surface area contributed by atoms with Crippen molar-refractivity contribution in [1.29, 1.82) is 0 Å². The molecule has 5 N–H and O–H groups in total. The fraction of sp³-hybridized carbons (Fsp3) is 0.360. The fourth-order valence-corrected chi connectivity index (χ4v) is 4.27. The Bertz CT molecular complexity index is 986. The third-order valence-corrected chi connectivity index (χ3v) is 6.39. The van der Waals surface area contributed by atoms with Crippen LogP contribution in [0, 0.1) is 5.41 Å². The maximum absolute atomic E-state index is 12.4. The Hall–Kier alpha value is -3.00. The zero-order chi connectivity index (χ0) is 22.4. The van der Waals surface area contributed by atoms with Gasteiger partial charge >= 0.3 is 0 Å². The molecule has 0 bridgehead atoms. The average molecular weight is 434 g/mol. The second kappa shape index (κ2) is 10.1. The predicted molar refractivity (Wildman–Crippen MR) is 127 cm³/mol. The minimum absolute atomic E-state index is 0.206. The Balaban J connectivity index is 1.31. The summed E-state index contributed by atoms with van der Waals surface area (Å²) in [6, 6.07) is 9.89. The lowest BCUT2D eigenvalue weighted by Crippen LogP contribution is -2.50. The van der Waals surface area contributed by atoms with Crippen LogP contribution in [0.2, 0.25) is 0 Å². The molecule has 7 nitrogen and oxygen atoms in total. The van der Waals surface area contributed by atoms with Crippen molar-refractivity contribution in [2.24, 2.45) is 16.9 Å². The van der Waals surface area contributed by atoms with Gasteiger partial charge in [-0.05, 0) is 73.1 Å². The molecular weight excluding hydrogens is 402 g/mol. The van der Waals surface area contributed by atoms with Crippen LogP contribution in [0.3, 0.4) is 0 Å². The van der Waals surface area contributed by atoms with Gasteiger partial charge in [-0.3, -0.25) is 14.7 Å². The van der Waals surface area contributed by atoms with Crippen molar-refractivity contribution in [2.45, 2.75) is 19.4 Å². The highest BCUT2D eigenvalue weighted by Crippen LogP contribution is 2.38. The number of carbonyl (C=O) groups is 1. The van der Waals surface area contributed by atoms with Gasteiger partial charge in [-0.15, -0.1) is 0 Å². The van der Waals surface area contributed by atoms with Crippen LogP contribution in [0.4, 0.5) is 5.69 Å². The number of aromatic nitrogens is 1. The van der Waals surface area contributed by atoms with E-state index >= 15 is 0 Å². The normalized spacial score (nSPS) is 18.6. The van der Waals surface area contributed by atoms with Crippen LogP contribution < -0.4 is 16.8 Å². The van der Waals surface area contributed by atoms with Gasteiger partial charge < -0.3 is 21.5 Å². The van der Waals surface area contributed by atoms with Crippen LogP contribution in [0.5, 0.6) is 0 Å². The zero-order valence-electron chi connectivity index (χ0n) is 18.3. The summed E-state index contributed by atoms with van der Waals surface area (Å²) in [5.41, 5.74) is 16.3. The van der Waals surface area contributed by atoms with Crippen molar-refractivity contribution in [2.75, 3.05) is 38.2 Å². The number of anilines is 1. The molecule has 32 heavy (non-hydrogen) atoms. The van der Waals surface area contributed by atoms with Crippen molar-refractivity contribution in [3.05, 3.63) is 71.7 Å². The standard InChI is InChI=1S/C25H31N5O2/c26-13-21(14-27)23-7-10-28-15-20(23)3-6-24(31)29-22-4-1-19(2-5-22)16-30-11-8-25(9-12-30)17-32-18-25/h1-7,10,13,15H,8-9,11-12,14,16-18,26-27H2,(H,29,31)/b6-3+,21-13+. The Morgan fingerprint density at radius 1 is 1.19 bits per heavy atom. The molecule has 1 aromatic carbocycles. The molecule has 1 spiro atoms. The summed E-state index contributed by atoms with van der Waals surface area (Å²) < 4.78 is 5.41. The number of nitrogens with two attached hydrogens (primary N) is 2. The molecule has 2 aromatic rings. The first-order chi connectivity index (χ1) is 15.6. The number of ether oxygens (including phenoxy) is 1. The first-order valence-electron chi connectivity index (χ1n) is 11.0. The number of amides is 1. The van der Waals surface area contributed by atoms with E-state index in [0.29, 0.717) is 12.0 Å². The van der Waals surface area contributed by atoms with Crippen LogP contribution in [0.25, 0.3) is 11.6 Å². The Labute approximate surface area is 189 Å². The molecule has 4 rings (SSSR count). The van der Waals surface area contributed by atoms with E-state index in [1.54, 1.807) is 18.5 Å². The van der Waals surface area contributed by atoms with Gasteiger partial charge in [-0.1, -0.05) is 12.1 Å². The van der Waals surface area contributed by atoms with Gasteiger partial charge in [0.15, 0.2) is 0 Å². The van der Waals surface area contributed by atoms with E-state index in [-0.39, 0.29) is 5.91 Å². The highest BCUT2D eigenvalue weighted by molar-refractivity contribution is 6.02. The van der Waals surface area contributed by atoms with Gasteiger partial charge in [0.25, 0.3) is 0 Å². The summed E-state index contributed by atoms with van der Waals surface area (Å²) in [5, 5.41) is 2.91.